The van der Waals surface area contributed by atoms with Crippen molar-refractivity contribution in [2.75, 3.05) is 56.2 Å². The highest BCUT2D eigenvalue weighted by Gasteiger charge is 2.42. The Hall–Kier alpha value is -2.81. The summed E-state index contributed by atoms with van der Waals surface area (Å²) in [4.78, 5) is 14.8. The number of likely N-dealkylation sites (tertiary alicyclic amines) is 1. The first kappa shape index (κ1) is 27.0. The zero-order chi connectivity index (χ0) is 28.1. The fourth-order valence-corrected chi connectivity index (χ4v) is 7.84. The van der Waals surface area contributed by atoms with Crippen LogP contribution in [0.25, 0.3) is 0 Å². The number of aliphatic hydroxyl groups excluding tert-OH is 1. The molecular formula is C33H45N5O3. The largest absolute Gasteiger partial charge is 0.484 e. The molecule has 1 N–H and O–H groups in total. The zero-order valence-electron chi connectivity index (χ0n) is 24.7. The molecule has 1 aromatic carbocycles. The number of nitrogens with zero attached hydrogens (tertiary/aromatic N) is 5. The van der Waals surface area contributed by atoms with E-state index < -0.39 is 6.23 Å². The van der Waals surface area contributed by atoms with E-state index in [9.17, 15) is 5.11 Å². The molecule has 2 aromatic rings. The Morgan fingerprint density at radius 3 is 2.85 bits per heavy atom. The minimum Gasteiger partial charge on any atom is -0.484 e. The minimum absolute atomic E-state index is 0.160. The molecule has 41 heavy (non-hydrogen) atoms. The van der Waals surface area contributed by atoms with Crippen molar-refractivity contribution in [2.24, 2.45) is 0 Å². The number of benzene rings is 1. The summed E-state index contributed by atoms with van der Waals surface area (Å²) in [5, 5.41) is 10.6. The lowest BCUT2D eigenvalue weighted by Gasteiger charge is -2.50. The van der Waals surface area contributed by atoms with Gasteiger partial charge < -0.3 is 29.3 Å². The summed E-state index contributed by atoms with van der Waals surface area (Å²) in [6.07, 6.45) is 9.21. The molecule has 2 fully saturated rings. The summed E-state index contributed by atoms with van der Waals surface area (Å²) in [6, 6.07) is 7.62. The first-order valence-electron chi connectivity index (χ1n) is 15.7. The Kier molecular flexibility index (Phi) is 7.33. The monoisotopic (exact) mass is 559 g/mol. The summed E-state index contributed by atoms with van der Waals surface area (Å²) >= 11 is 0. The van der Waals surface area contributed by atoms with Gasteiger partial charge in [-0.15, -0.1) is 0 Å². The molecule has 2 saturated heterocycles. The van der Waals surface area contributed by atoms with E-state index in [1.54, 1.807) is 6.08 Å². The molecule has 0 bridgehead atoms. The summed E-state index contributed by atoms with van der Waals surface area (Å²) < 4.78 is 13.1. The number of fused-ring (bicyclic) bond motifs is 6. The van der Waals surface area contributed by atoms with E-state index in [-0.39, 0.29) is 12.1 Å². The van der Waals surface area contributed by atoms with Gasteiger partial charge in [-0.2, -0.15) is 0 Å². The summed E-state index contributed by atoms with van der Waals surface area (Å²) in [5.41, 5.74) is 8.04. The van der Waals surface area contributed by atoms with E-state index in [1.807, 2.05) is 0 Å². The molecule has 1 unspecified atom stereocenters. The predicted octanol–water partition coefficient (Wildman–Crippen LogP) is 3.77. The van der Waals surface area contributed by atoms with Gasteiger partial charge in [-0.25, -0.2) is 4.98 Å². The lowest BCUT2D eigenvalue weighted by molar-refractivity contribution is -0.00834. The Morgan fingerprint density at radius 1 is 1.15 bits per heavy atom. The third-order valence-corrected chi connectivity index (χ3v) is 10.2. The average Bonchev–Trinajstić information content (AvgIpc) is 3.42. The lowest BCUT2D eigenvalue weighted by atomic mass is 9.89. The first-order valence-corrected chi connectivity index (χ1v) is 15.7. The highest BCUT2D eigenvalue weighted by atomic mass is 16.5. The van der Waals surface area contributed by atoms with E-state index in [0.29, 0.717) is 25.1 Å². The molecule has 220 valence electrons. The van der Waals surface area contributed by atoms with Crippen molar-refractivity contribution < 1.29 is 14.6 Å². The molecule has 4 aliphatic heterocycles. The fourth-order valence-electron chi connectivity index (χ4n) is 7.84. The van der Waals surface area contributed by atoms with Crippen LogP contribution < -0.4 is 19.3 Å². The second kappa shape index (κ2) is 11.1. The van der Waals surface area contributed by atoms with Crippen LogP contribution in [0.5, 0.6) is 11.6 Å². The Bertz CT molecular complexity index is 1300. The van der Waals surface area contributed by atoms with Crippen molar-refractivity contribution >= 4 is 11.4 Å². The van der Waals surface area contributed by atoms with Crippen molar-refractivity contribution in [1.29, 1.82) is 0 Å². The smallest absolute Gasteiger partial charge is 0.259 e. The molecule has 0 saturated carbocycles. The van der Waals surface area contributed by atoms with Crippen LogP contribution >= 0.6 is 0 Å². The molecule has 5 heterocycles. The molecule has 1 aromatic heterocycles. The van der Waals surface area contributed by atoms with Crippen molar-refractivity contribution in [1.82, 2.24) is 14.8 Å². The number of aromatic nitrogens is 1. The van der Waals surface area contributed by atoms with Gasteiger partial charge in [0.1, 0.15) is 19.4 Å². The van der Waals surface area contributed by atoms with E-state index in [1.165, 1.54) is 60.2 Å². The first-order chi connectivity index (χ1) is 20.0. The number of rotatable bonds is 6. The van der Waals surface area contributed by atoms with Crippen molar-refractivity contribution in [3.63, 3.8) is 0 Å². The van der Waals surface area contributed by atoms with Gasteiger partial charge in [-0.05, 0) is 88.7 Å². The molecule has 8 nitrogen and oxygen atoms in total. The van der Waals surface area contributed by atoms with Gasteiger partial charge in [0.25, 0.3) is 5.88 Å². The van der Waals surface area contributed by atoms with Gasteiger partial charge in [-0.1, -0.05) is 18.7 Å². The van der Waals surface area contributed by atoms with Crippen LogP contribution in [0.3, 0.4) is 0 Å². The Morgan fingerprint density at radius 2 is 2.02 bits per heavy atom. The Labute approximate surface area is 244 Å². The maximum absolute atomic E-state index is 10.6. The van der Waals surface area contributed by atoms with Crippen molar-refractivity contribution in [3.8, 4) is 11.6 Å². The van der Waals surface area contributed by atoms with Crippen LogP contribution in [-0.2, 0) is 25.8 Å². The number of pyridine rings is 1. The molecule has 4 atom stereocenters. The van der Waals surface area contributed by atoms with Gasteiger partial charge in [0, 0.05) is 43.0 Å². The van der Waals surface area contributed by atoms with Crippen LogP contribution in [-0.4, -0.2) is 90.7 Å². The number of likely N-dealkylation sites (N-methyl/N-ethyl adjacent to an activating group) is 1. The quantitative estimate of drug-likeness (QED) is 0.537. The number of anilines is 2. The van der Waals surface area contributed by atoms with Crippen LogP contribution in [0.1, 0.15) is 55.0 Å². The van der Waals surface area contributed by atoms with Crippen LogP contribution in [0.4, 0.5) is 11.4 Å². The molecule has 8 heteroatoms. The van der Waals surface area contributed by atoms with Crippen LogP contribution in [0.15, 0.2) is 30.9 Å². The highest BCUT2D eigenvalue weighted by molar-refractivity contribution is 5.72. The Balaban J connectivity index is 1.24. The standard InChI is InChI=1S/C33H45N5O3/c1-4-30(39)37-18-25-21-40-32-31(38(25)17-22(37)2)27-14-16-36(29-13-7-10-23-9-5-6-12-26(23)29)19-28(27)34-33(32)41-20-24-11-8-15-35(24)3/h4,7,10,13,22,24-25,30,39H,1,5-6,8-9,11-12,14-21H2,2-3H3/t22-,24+,25-,30?/m1/s1. The molecule has 5 aliphatic rings. The maximum atomic E-state index is 10.6. The number of hydrogen-bond acceptors (Lipinski definition) is 8. The van der Waals surface area contributed by atoms with E-state index >= 15 is 0 Å². The van der Waals surface area contributed by atoms with Gasteiger partial charge >= 0.3 is 0 Å². The number of aryl methyl sites for hydroxylation is 1. The molecule has 1 aliphatic carbocycles. The van der Waals surface area contributed by atoms with Crippen LogP contribution in [0.2, 0.25) is 0 Å². The minimum atomic E-state index is -0.646. The van der Waals surface area contributed by atoms with E-state index in [2.05, 4.69) is 58.3 Å². The summed E-state index contributed by atoms with van der Waals surface area (Å²) in [7, 11) is 2.19. The van der Waals surface area contributed by atoms with Gasteiger partial charge in [-0.3, -0.25) is 4.90 Å². The number of piperazine rings is 1. The number of ether oxygens (including phenoxy) is 2. The molecule has 0 amide bonds. The van der Waals surface area contributed by atoms with E-state index in [4.69, 9.17) is 14.5 Å². The van der Waals surface area contributed by atoms with Crippen molar-refractivity contribution in [3.05, 3.63) is 53.2 Å². The fraction of sp³-hybridized carbons (Fsp3) is 0.606. The normalized spacial score (nSPS) is 26.9. The average molecular weight is 560 g/mol. The lowest BCUT2D eigenvalue weighted by Crippen LogP contribution is -2.63. The number of hydrogen-bond donors (Lipinski definition) is 1. The predicted molar refractivity (Wildman–Crippen MR) is 162 cm³/mol. The number of aliphatic hydroxyl groups is 1. The highest BCUT2D eigenvalue weighted by Crippen LogP contribution is 2.47. The van der Waals surface area contributed by atoms with Crippen LogP contribution in [0, 0.1) is 0 Å². The zero-order valence-corrected chi connectivity index (χ0v) is 24.7. The SMILES string of the molecule is C=CC(O)N1C[C@@H]2COc3c(OC[C@@H]4CCCN4C)nc4c(c3N2C[C@H]1C)CCN(c1cccc2c1CCCC2)C4. The van der Waals surface area contributed by atoms with Gasteiger partial charge in [0.05, 0.1) is 24.0 Å². The topological polar surface area (TPSA) is 64.5 Å². The molecule has 7 rings (SSSR count). The third kappa shape index (κ3) is 4.88. The summed E-state index contributed by atoms with van der Waals surface area (Å²) in [6.45, 7) is 11.6. The third-order valence-electron chi connectivity index (χ3n) is 10.2. The molecule has 0 spiro atoms. The maximum Gasteiger partial charge on any atom is 0.259 e. The van der Waals surface area contributed by atoms with Gasteiger partial charge in [0.2, 0.25) is 5.75 Å². The second-order valence-corrected chi connectivity index (χ2v) is 12.7. The van der Waals surface area contributed by atoms with Gasteiger partial charge in [0.15, 0.2) is 0 Å². The molecule has 0 radical (unpaired) electrons. The van der Waals surface area contributed by atoms with Crippen molar-refractivity contribution in [2.45, 2.75) is 82.8 Å². The van der Waals surface area contributed by atoms with E-state index in [0.717, 1.165) is 57.0 Å². The second-order valence-electron chi connectivity index (χ2n) is 12.7. The molecular weight excluding hydrogens is 514 g/mol. The summed E-state index contributed by atoms with van der Waals surface area (Å²) in [5.74, 6) is 1.46.